The van der Waals surface area contributed by atoms with Gasteiger partial charge < -0.3 is 0 Å². The van der Waals surface area contributed by atoms with Crippen molar-refractivity contribution in [3.05, 3.63) is 59.8 Å². The van der Waals surface area contributed by atoms with E-state index < -0.39 is 0 Å². The first-order chi connectivity index (χ1) is 10.7. The van der Waals surface area contributed by atoms with Gasteiger partial charge in [0.2, 0.25) is 0 Å². The van der Waals surface area contributed by atoms with Crippen LogP contribution in [0.15, 0.2) is 54.1 Å². The molecular weight excluding hydrogens is 316 g/mol. The average Bonchev–Trinajstić information content (AvgIpc) is 3.09. The van der Waals surface area contributed by atoms with Crippen molar-refractivity contribution in [1.29, 1.82) is 0 Å². The molecule has 1 aliphatic rings. The van der Waals surface area contributed by atoms with Gasteiger partial charge >= 0.3 is 0 Å². The number of carbonyl (C=O) groups is 1. The van der Waals surface area contributed by atoms with E-state index in [1.54, 1.807) is 23.0 Å². The predicted octanol–water partition coefficient (Wildman–Crippen LogP) is 2.65. The molecule has 2 aromatic rings. The molecule has 0 radical (unpaired) electrons. The second-order valence-electron chi connectivity index (χ2n) is 4.50. The zero-order valence-corrected chi connectivity index (χ0v) is 13.2. The largest absolute Gasteiger partial charge is 0.289 e. The number of thioether (sulfide) groups is 1. The van der Waals surface area contributed by atoms with Crippen molar-refractivity contribution < 1.29 is 4.79 Å². The smallest absolute Gasteiger partial charge is 0.266 e. The molecule has 5 nitrogen and oxygen atoms in total. The summed E-state index contributed by atoms with van der Waals surface area (Å²) in [6.07, 6.45) is 5.13. The Kier molecular flexibility index (Phi) is 4.17. The van der Waals surface area contributed by atoms with E-state index in [9.17, 15) is 4.79 Å². The van der Waals surface area contributed by atoms with Crippen molar-refractivity contribution in [3.8, 4) is 5.69 Å². The Morgan fingerprint density at radius 2 is 2.09 bits per heavy atom. The molecule has 1 saturated heterocycles. The first-order valence-corrected chi connectivity index (χ1v) is 7.75. The number of nitrogens with zero attached hydrogens (tertiary/aromatic N) is 4. The number of para-hydroxylation sites is 1. The summed E-state index contributed by atoms with van der Waals surface area (Å²) in [5, 5.41) is 8.14. The summed E-state index contributed by atoms with van der Waals surface area (Å²) in [5.41, 5.74) is 1.52. The standard InChI is InChI=1S/C15H12N4OS2/c1-2-8-18-14(20)13(22-15(18)21)9-11-10-19(17-16-11)12-6-4-3-5-7-12/h2-7,9-10H,1,8H2. The van der Waals surface area contributed by atoms with E-state index in [0.717, 1.165) is 5.69 Å². The number of aromatic nitrogens is 3. The number of thiocarbonyl (C=S) groups is 1. The fraction of sp³-hybridized carbons (Fsp3) is 0.0667. The fourth-order valence-electron chi connectivity index (χ4n) is 1.97. The second kappa shape index (κ2) is 6.25. The Morgan fingerprint density at radius 1 is 1.32 bits per heavy atom. The van der Waals surface area contributed by atoms with Crippen LogP contribution in [0, 0.1) is 0 Å². The molecule has 1 amide bonds. The average molecular weight is 328 g/mol. The molecule has 0 N–H and O–H groups in total. The highest BCUT2D eigenvalue weighted by atomic mass is 32.2. The molecule has 1 aromatic carbocycles. The van der Waals surface area contributed by atoms with Crippen molar-refractivity contribution in [3.63, 3.8) is 0 Å². The summed E-state index contributed by atoms with van der Waals surface area (Å²) < 4.78 is 2.20. The SMILES string of the molecule is C=CCN1C(=O)C(=Cc2cn(-c3ccccc3)nn2)SC1=S. The number of hydrogen-bond acceptors (Lipinski definition) is 5. The highest BCUT2D eigenvalue weighted by Gasteiger charge is 2.31. The lowest BCUT2D eigenvalue weighted by atomic mass is 10.3. The minimum absolute atomic E-state index is 0.121. The summed E-state index contributed by atoms with van der Waals surface area (Å²) in [4.78, 5) is 14.3. The van der Waals surface area contributed by atoms with E-state index in [0.29, 0.717) is 21.5 Å². The van der Waals surface area contributed by atoms with Gasteiger partial charge in [0, 0.05) is 6.54 Å². The van der Waals surface area contributed by atoms with Crippen LogP contribution >= 0.6 is 24.0 Å². The number of rotatable bonds is 4. The minimum Gasteiger partial charge on any atom is -0.289 e. The zero-order valence-electron chi connectivity index (χ0n) is 11.5. The third-order valence-electron chi connectivity index (χ3n) is 3.00. The van der Waals surface area contributed by atoms with E-state index in [4.69, 9.17) is 12.2 Å². The van der Waals surface area contributed by atoms with Crippen LogP contribution in [0.1, 0.15) is 5.69 Å². The molecule has 1 fully saturated rings. The normalized spacial score (nSPS) is 16.5. The summed E-state index contributed by atoms with van der Waals surface area (Å²) >= 11 is 6.46. The van der Waals surface area contributed by atoms with Gasteiger partial charge in [0.05, 0.1) is 16.8 Å². The first-order valence-electron chi connectivity index (χ1n) is 6.53. The summed E-state index contributed by atoms with van der Waals surface area (Å²) in [5.74, 6) is -0.121. The number of amides is 1. The molecule has 2 heterocycles. The molecule has 0 unspecified atom stereocenters. The highest BCUT2D eigenvalue weighted by molar-refractivity contribution is 8.26. The van der Waals surface area contributed by atoms with Gasteiger partial charge in [-0.05, 0) is 18.2 Å². The Morgan fingerprint density at radius 3 is 2.82 bits per heavy atom. The van der Waals surface area contributed by atoms with Crippen LogP contribution in [0.4, 0.5) is 0 Å². The van der Waals surface area contributed by atoms with Gasteiger partial charge in [0.25, 0.3) is 5.91 Å². The Labute approximate surface area is 137 Å². The zero-order chi connectivity index (χ0) is 15.5. The Hall–Kier alpha value is -2.25. The third-order valence-corrected chi connectivity index (χ3v) is 4.37. The highest BCUT2D eigenvalue weighted by Crippen LogP contribution is 2.32. The van der Waals surface area contributed by atoms with E-state index in [1.165, 1.54) is 16.7 Å². The lowest BCUT2D eigenvalue weighted by Gasteiger charge is -2.10. The minimum atomic E-state index is -0.121. The van der Waals surface area contributed by atoms with Crippen LogP contribution in [0.25, 0.3) is 11.8 Å². The topological polar surface area (TPSA) is 51.0 Å². The predicted molar refractivity (Wildman–Crippen MR) is 91.4 cm³/mol. The quantitative estimate of drug-likeness (QED) is 0.491. The maximum Gasteiger partial charge on any atom is 0.266 e. The molecule has 0 aliphatic carbocycles. The molecule has 7 heteroatoms. The second-order valence-corrected chi connectivity index (χ2v) is 6.18. The lowest BCUT2D eigenvalue weighted by Crippen LogP contribution is -2.27. The Bertz CT molecular complexity index is 767. The van der Waals surface area contributed by atoms with Gasteiger partial charge in [-0.25, -0.2) is 4.68 Å². The molecule has 0 atom stereocenters. The van der Waals surface area contributed by atoms with E-state index >= 15 is 0 Å². The van der Waals surface area contributed by atoms with Gasteiger partial charge in [-0.15, -0.1) is 11.7 Å². The van der Waals surface area contributed by atoms with Crippen molar-refractivity contribution >= 4 is 40.3 Å². The van der Waals surface area contributed by atoms with E-state index in [2.05, 4.69) is 16.9 Å². The van der Waals surface area contributed by atoms with Crippen molar-refractivity contribution in [2.75, 3.05) is 6.54 Å². The monoisotopic (exact) mass is 328 g/mol. The molecule has 110 valence electrons. The summed E-state index contributed by atoms with van der Waals surface area (Å²) in [6.45, 7) is 4.05. The first kappa shape index (κ1) is 14.7. The molecule has 22 heavy (non-hydrogen) atoms. The number of carbonyl (C=O) groups excluding carboxylic acids is 1. The lowest BCUT2D eigenvalue weighted by molar-refractivity contribution is -0.121. The Balaban J connectivity index is 1.85. The molecule has 0 spiro atoms. The van der Waals surface area contributed by atoms with E-state index in [1.807, 2.05) is 30.3 Å². The number of hydrogen-bond donors (Lipinski definition) is 0. The maximum atomic E-state index is 12.2. The summed E-state index contributed by atoms with van der Waals surface area (Å²) in [7, 11) is 0. The van der Waals surface area contributed by atoms with Crippen LogP contribution in [-0.4, -0.2) is 36.7 Å². The van der Waals surface area contributed by atoms with Gasteiger partial charge in [0.1, 0.15) is 10.0 Å². The fourth-order valence-corrected chi connectivity index (χ4v) is 3.23. The molecule has 1 aromatic heterocycles. The van der Waals surface area contributed by atoms with Gasteiger partial charge in [-0.1, -0.05) is 53.5 Å². The van der Waals surface area contributed by atoms with Crippen LogP contribution in [0.3, 0.4) is 0 Å². The van der Waals surface area contributed by atoms with Crippen LogP contribution in [-0.2, 0) is 4.79 Å². The molecular formula is C15H12N4OS2. The van der Waals surface area contributed by atoms with Gasteiger partial charge in [-0.3, -0.25) is 9.69 Å². The molecule has 3 rings (SSSR count). The van der Waals surface area contributed by atoms with Crippen LogP contribution in [0.2, 0.25) is 0 Å². The van der Waals surface area contributed by atoms with Crippen molar-refractivity contribution in [2.24, 2.45) is 0 Å². The van der Waals surface area contributed by atoms with Crippen molar-refractivity contribution in [2.45, 2.75) is 0 Å². The van der Waals surface area contributed by atoms with Gasteiger partial charge in [-0.2, -0.15) is 0 Å². The molecule has 1 aliphatic heterocycles. The molecule has 0 bridgehead atoms. The van der Waals surface area contributed by atoms with Crippen molar-refractivity contribution in [1.82, 2.24) is 19.9 Å². The van der Waals surface area contributed by atoms with Crippen LogP contribution in [0.5, 0.6) is 0 Å². The maximum absolute atomic E-state index is 12.2. The van der Waals surface area contributed by atoms with Gasteiger partial charge in [0.15, 0.2) is 0 Å². The summed E-state index contributed by atoms with van der Waals surface area (Å²) in [6, 6.07) is 9.66. The third kappa shape index (κ3) is 2.86. The number of benzene rings is 1. The molecule has 0 saturated carbocycles. The van der Waals surface area contributed by atoms with E-state index in [-0.39, 0.29) is 5.91 Å². The van der Waals surface area contributed by atoms with Crippen LogP contribution < -0.4 is 0 Å².